The molecule has 1 heterocycles. The minimum Gasteiger partial charge on any atom is -0.465 e. The smallest absolute Gasteiger partial charge is 0.341 e. The Bertz CT molecular complexity index is 1090. The van der Waals surface area contributed by atoms with Crippen molar-refractivity contribution in [2.24, 2.45) is 0 Å². The van der Waals surface area contributed by atoms with Crippen LogP contribution in [0.2, 0.25) is 5.02 Å². The molecule has 0 unspecified atom stereocenters. The minimum atomic E-state index is -3.75. The van der Waals surface area contributed by atoms with E-state index in [1.807, 2.05) is 0 Å². The van der Waals surface area contributed by atoms with Crippen molar-refractivity contribution in [3.05, 3.63) is 44.8 Å². The lowest BCUT2D eigenvalue weighted by Crippen LogP contribution is -2.38. The van der Waals surface area contributed by atoms with E-state index in [4.69, 9.17) is 16.3 Å². The van der Waals surface area contributed by atoms with Crippen LogP contribution in [0, 0.1) is 6.92 Å². The molecule has 0 saturated heterocycles. The van der Waals surface area contributed by atoms with E-state index in [2.05, 4.69) is 5.32 Å². The van der Waals surface area contributed by atoms with Crippen LogP contribution >= 0.6 is 22.9 Å². The molecule has 2 aromatic rings. The fourth-order valence-corrected chi connectivity index (χ4v) is 5.89. The molecule has 1 amide bonds. The Labute approximate surface area is 185 Å². The van der Waals surface area contributed by atoms with Gasteiger partial charge in [0.15, 0.2) is 0 Å². The topological polar surface area (TPSA) is 92.8 Å². The molecular weight excluding hydrogens is 448 g/mol. The second-order valence-electron chi connectivity index (χ2n) is 7.11. The maximum Gasteiger partial charge on any atom is 0.341 e. The average molecular weight is 471 g/mol. The summed E-state index contributed by atoms with van der Waals surface area (Å²) in [6.45, 7) is 1.25. The summed E-state index contributed by atoms with van der Waals surface area (Å²) in [7, 11) is -2.45. The zero-order valence-electron chi connectivity index (χ0n) is 17.0. The van der Waals surface area contributed by atoms with Gasteiger partial charge in [0.05, 0.1) is 24.6 Å². The molecule has 0 bridgehead atoms. The Balaban J connectivity index is 1.91. The van der Waals surface area contributed by atoms with Crippen molar-refractivity contribution in [2.75, 3.05) is 29.5 Å². The summed E-state index contributed by atoms with van der Waals surface area (Å²) < 4.78 is 30.7. The molecule has 0 aliphatic heterocycles. The quantitative estimate of drug-likeness (QED) is 0.648. The number of hydrogen-bond donors (Lipinski definition) is 1. The zero-order valence-corrected chi connectivity index (χ0v) is 19.3. The molecular formula is C20H23ClN2O5S2. The Hall–Kier alpha value is -2.10. The molecule has 1 aromatic carbocycles. The number of aryl methyl sites for hydroxylation is 1. The van der Waals surface area contributed by atoms with Gasteiger partial charge in [-0.1, -0.05) is 17.7 Å². The number of hydrogen-bond acceptors (Lipinski definition) is 6. The molecule has 3 rings (SSSR count). The number of carbonyl (C=O) groups excluding carboxylic acids is 2. The van der Waals surface area contributed by atoms with E-state index in [1.165, 1.54) is 18.4 Å². The van der Waals surface area contributed by atoms with E-state index in [9.17, 15) is 18.0 Å². The minimum absolute atomic E-state index is 0.332. The lowest BCUT2D eigenvalue weighted by atomic mass is 9.95. The van der Waals surface area contributed by atoms with Gasteiger partial charge in [-0.15, -0.1) is 11.3 Å². The lowest BCUT2D eigenvalue weighted by Gasteiger charge is -2.24. The Morgan fingerprint density at radius 3 is 2.63 bits per heavy atom. The van der Waals surface area contributed by atoms with E-state index in [0.29, 0.717) is 26.8 Å². The third kappa shape index (κ3) is 4.63. The largest absolute Gasteiger partial charge is 0.465 e. The molecule has 0 radical (unpaired) electrons. The van der Waals surface area contributed by atoms with Gasteiger partial charge in [0.2, 0.25) is 15.9 Å². The first-order chi connectivity index (χ1) is 14.1. The summed E-state index contributed by atoms with van der Waals surface area (Å²) in [4.78, 5) is 26.2. The van der Waals surface area contributed by atoms with Gasteiger partial charge < -0.3 is 10.1 Å². The van der Waals surface area contributed by atoms with Crippen LogP contribution in [-0.4, -0.2) is 40.2 Å². The van der Waals surface area contributed by atoms with Crippen LogP contribution in [-0.2, 0) is 32.4 Å². The summed E-state index contributed by atoms with van der Waals surface area (Å²) in [6.07, 6.45) is 4.62. The van der Waals surface area contributed by atoms with Crippen molar-refractivity contribution >= 4 is 55.5 Å². The Morgan fingerprint density at radius 2 is 1.97 bits per heavy atom. The zero-order chi connectivity index (χ0) is 22.1. The highest BCUT2D eigenvalue weighted by molar-refractivity contribution is 7.92. The van der Waals surface area contributed by atoms with Crippen molar-refractivity contribution in [3.8, 4) is 0 Å². The van der Waals surface area contributed by atoms with Gasteiger partial charge in [-0.05, 0) is 55.9 Å². The average Bonchev–Trinajstić information content (AvgIpc) is 3.04. The highest BCUT2D eigenvalue weighted by Gasteiger charge is 2.28. The maximum atomic E-state index is 12.8. The van der Waals surface area contributed by atoms with E-state index < -0.39 is 28.4 Å². The summed E-state index contributed by atoms with van der Waals surface area (Å²) in [5.74, 6) is -1.06. The molecule has 7 nitrogen and oxygen atoms in total. The second-order valence-corrected chi connectivity index (χ2v) is 10.5. The number of ether oxygens (including phenoxy) is 1. The van der Waals surface area contributed by atoms with Crippen LogP contribution in [0.25, 0.3) is 0 Å². The van der Waals surface area contributed by atoms with Gasteiger partial charge in [-0.3, -0.25) is 9.10 Å². The number of sulfonamides is 1. The monoisotopic (exact) mass is 470 g/mol. The molecule has 1 aliphatic rings. The van der Waals surface area contributed by atoms with Gasteiger partial charge in [-0.25, -0.2) is 13.2 Å². The number of benzene rings is 1. The second kappa shape index (κ2) is 8.95. The van der Waals surface area contributed by atoms with Crippen LogP contribution < -0.4 is 9.62 Å². The molecule has 1 aromatic heterocycles. The number of nitrogens with one attached hydrogen (secondary N) is 1. The Morgan fingerprint density at radius 1 is 1.27 bits per heavy atom. The summed E-state index contributed by atoms with van der Waals surface area (Å²) >= 11 is 7.48. The number of methoxy groups -OCH3 is 1. The summed E-state index contributed by atoms with van der Waals surface area (Å²) in [6, 6.07) is 4.88. The van der Waals surface area contributed by atoms with Crippen molar-refractivity contribution in [2.45, 2.75) is 32.6 Å². The first-order valence-electron chi connectivity index (χ1n) is 9.39. The van der Waals surface area contributed by atoms with Gasteiger partial charge in [0.1, 0.15) is 11.5 Å². The molecule has 0 fully saturated rings. The van der Waals surface area contributed by atoms with Crippen molar-refractivity contribution < 1.29 is 22.7 Å². The van der Waals surface area contributed by atoms with Crippen LogP contribution in [0.3, 0.4) is 0 Å². The normalized spacial score (nSPS) is 13.5. The number of esters is 1. The van der Waals surface area contributed by atoms with E-state index in [0.717, 1.165) is 46.7 Å². The highest BCUT2D eigenvalue weighted by Crippen LogP contribution is 2.38. The van der Waals surface area contributed by atoms with Crippen LogP contribution in [0.15, 0.2) is 18.2 Å². The lowest BCUT2D eigenvalue weighted by molar-refractivity contribution is -0.114. The van der Waals surface area contributed by atoms with Crippen LogP contribution in [0.5, 0.6) is 0 Å². The molecule has 0 saturated carbocycles. The molecule has 1 N–H and O–H groups in total. The first kappa shape index (κ1) is 22.6. The molecule has 10 heteroatoms. The van der Waals surface area contributed by atoms with Crippen molar-refractivity contribution in [1.29, 1.82) is 0 Å². The van der Waals surface area contributed by atoms with Gasteiger partial charge in [-0.2, -0.15) is 0 Å². The number of halogens is 1. The predicted octanol–water partition coefficient (Wildman–Crippen LogP) is 3.78. The molecule has 162 valence electrons. The molecule has 1 aliphatic carbocycles. The van der Waals surface area contributed by atoms with Gasteiger partial charge >= 0.3 is 5.97 Å². The van der Waals surface area contributed by atoms with Crippen LogP contribution in [0.4, 0.5) is 10.7 Å². The SMILES string of the molecule is COC(=O)c1c(NC(=O)CN(c2cccc(Cl)c2C)S(C)(=O)=O)sc2c1CCCC2. The third-order valence-electron chi connectivity index (χ3n) is 5.01. The van der Waals surface area contributed by atoms with Gasteiger partial charge in [0.25, 0.3) is 0 Å². The van der Waals surface area contributed by atoms with Gasteiger partial charge in [0, 0.05) is 9.90 Å². The maximum absolute atomic E-state index is 12.8. The highest BCUT2D eigenvalue weighted by atomic mass is 35.5. The molecule has 30 heavy (non-hydrogen) atoms. The number of anilines is 2. The van der Waals surface area contributed by atoms with Crippen molar-refractivity contribution in [3.63, 3.8) is 0 Å². The fourth-order valence-electron chi connectivity index (χ4n) is 3.52. The van der Waals surface area contributed by atoms with E-state index >= 15 is 0 Å². The predicted molar refractivity (Wildman–Crippen MR) is 119 cm³/mol. The number of nitrogens with zero attached hydrogens (tertiary/aromatic N) is 1. The summed E-state index contributed by atoms with van der Waals surface area (Å²) in [5, 5.41) is 3.53. The first-order valence-corrected chi connectivity index (χ1v) is 12.4. The van der Waals surface area contributed by atoms with E-state index in [-0.39, 0.29) is 0 Å². The molecule has 0 atom stereocenters. The van der Waals surface area contributed by atoms with E-state index in [1.54, 1.807) is 25.1 Å². The standard InChI is InChI=1S/C20H23ClN2O5S2/c1-12-14(21)8-6-9-15(12)23(30(3,26)27)11-17(24)22-19-18(20(25)28-2)13-7-4-5-10-16(13)29-19/h6,8-9H,4-5,7,10-11H2,1-3H3,(H,22,24). The number of fused-ring (bicyclic) bond motifs is 1. The fraction of sp³-hybridized carbons (Fsp3) is 0.400. The number of amides is 1. The number of carbonyl (C=O) groups is 2. The Kier molecular flexibility index (Phi) is 6.74. The number of thiophene rings is 1. The van der Waals surface area contributed by atoms with Crippen LogP contribution in [0.1, 0.15) is 39.2 Å². The molecule has 0 spiro atoms. The summed E-state index contributed by atoms with van der Waals surface area (Å²) in [5.41, 5.74) is 2.17. The number of rotatable bonds is 6. The third-order valence-corrected chi connectivity index (χ3v) is 7.75. The van der Waals surface area contributed by atoms with Crippen molar-refractivity contribution in [1.82, 2.24) is 0 Å².